The highest BCUT2D eigenvalue weighted by atomic mass is 16.3. The van der Waals surface area contributed by atoms with Crippen LogP contribution in [0.3, 0.4) is 0 Å². The Kier molecular flexibility index (Phi) is 8.09. The summed E-state index contributed by atoms with van der Waals surface area (Å²) in [6.45, 7) is 4.31. The molecule has 1 unspecified atom stereocenters. The molecule has 10 heteroatoms. The molecule has 10 nitrogen and oxygen atoms in total. The molecule has 3 aliphatic heterocycles. The second kappa shape index (κ2) is 12.8. The quantitative estimate of drug-likeness (QED) is 0.232. The van der Waals surface area contributed by atoms with Crippen molar-refractivity contribution in [2.24, 2.45) is 0 Å². The van der Waals surface area contributed by atoms with Gasteiger partial charge in [-0.25, -0.2) is 4.98 Å². The molecule has 5 heterocycles. The van der Waals surface area contributed by atoms with Gasteiger partial charge in [0.1, 0.15) is 12.1 Å². The van der Waals surface area contributed by atoms with Crippen LogP contribution >= 0.6 is 0 Å². The fraction of sp³-hybridized carbons (Fsp3) is 0.342. The van der Waals surface area contributed by atoms with E-state index in [1.807, 2.05) is 22.8 Å². The van der Waals surface area contributed by atoms with Gasteiger partial charge in [0.2, 0.25) is 11.8 Å². The Labute approximate surface area is 279 Å². The molecule has 5 aromatic rings. The highest BCUT2D eigenvalue weighted by Crippen LogP contribution is 2.34. The molecule has 244 valence electrons. The molecule has 0 saturated carbocycles. The molecule has 1 atom stereocenters. The van der Waals surface area contributed by atoms with Crippen LogP contribution in [0.2, 0.25) is 0 Å². The van der Waals surface area contributed by atoms with Crippen LogP contribution in [0, 0.1) is 0 Å². The zero-order chi connectivity index (χ0) is 32.6. The van der Waals surface area contributed by atoms with E-state index in [2.05, 4.69) is 78.8 Å². The van der Waals surface area contributed by atoms with E-state index in [0.29, 0.717) is 41.7 Å². The Hall–Kier alpha value is -5.09. The lowest BCUT2D eigenvalue weighted by atomic mass is 9.88. The van der Waals surface area contributed by atoms with Crippen molar-refractivity contribution in [2.75, 3.05) is 31.1 Å². The largest absolute Gasteiger partial charge is 0.507 e. The molecule has 0 radical (unpaired) electrons. The smallest absolute Gasteiger partial charge is 0.234 e. The van der Waals surface area contributed by atoms with Crippen molar-refractivity contribution in [1.82, 2.24) is 30.0 Å². The highest BCUT2D eigenvalue weighted by Gasteiger charge is 2.30. The minimum absolute atomic E-state index is 0.173. The summed E-state index contributed by atoms with van der Waals surface area (Å²) in [5.74, 6) is 0.139. The van der Waals surface area contributed by atoms with Gasteiger partial charge in [-0.05, 0) is 105 Å². The number of nitrogens with zero attached hydrogens (tertiary/aromatic N) is 6. The number of aromatic hydroxyl groups is 1. The van der Waals surface area contributed by atoms with E-state index >= 15 is 0 Å². The van der Waals surface area contributed by atoms with E-state index in [0.717, 1.165) is 68.6 Å². The van der Waals surface area contributed by atoms with Gasteiger partial charge in [0.25, 0.3) is 0 Å². The number of imidazole rings is 1. The SMILES string of the molecule is O=C1CCC(c2ccc(N3CCC(N4CCC(c5ccc(-n6cnc7nnc(-c8ccccc8O)cc76)cc5)CC4)CC3)cc2)C(=O)N1. The third kappa shape index (κ3) is 5.92. The average molecular weight is 642 g/mol. The van der Waals surface area contributed by atoms with Crippen LogP contribution < -0.4 is 10.2 Å². The lowest BCUT2D eigenvalue weighted by Crippen LogP contribution is -2.47. The maximum Gasteiger partial charge on any atom is 0.234 e. The van der Waals surface area contributed by atoms with Gasteiger partial charge in [-0.2, -0.15) is 0 Å². The number of carbonyl (C=O) groups excluding carboxylic acids is 2. The molecule has 3 aliphatic rings. The van der Waals surface area contributed by atoms with Crippen LogP contribution in [0.4, 0.5) is 5.69 Å². The van der Waals surface area contributed by atoms with Crippen LogP contribution in [-0.4, -0.2) is 73.8 Å². The third-order valence-electron chi connectivity index (χ3n) is 10.5. The van der Waals surface area contributed by atoms with Crippen LogP contribution in [0.1, 0.15) is 61.5 Å². The summed E-state index contributed by atoms with van der Waals surface area (Å²) in [5, 5.41) is 21.4. The first-order valence-corrected chi connectivity index (χ1v) is 17.0. The zero-order valence-electron chi connectivity index (χ0n) is 26.8. The van der Waals surface area contributed by atoms with Gasteiger partial charge >= 0.3 is 0 Å². The van der Waals surface area contributed by atoms with Gasteiger partial charge in [-0.15, -0.1) is 10.2 Å². The number of imide groups is 1. The molecule has 0 aliphatic carbocycles. The molecule has 48 heavy (non-hydrogen) atoms. The Bertz CT molecular complexity index is 1940. The number of carbonyl (C=O) groups is 2. The number of anilines is 1. The minimum atomic E-state index is -0.235. The summed E-state index contributed by atoms with van der Waals surface area (Å²) in [5.41, 5.74) is 7.26. The van der Waals surface area contributed by atoms with Gasteiger partial charge < -0.3 is 14.9 Å². The number of para-hydroxylation sites is 1. The molecule has 2 N–H and O–H groups in total. The Balaban J connectivity index is 0.856. The molecule has 0 spiro atoms. The van der Waals surface area contributed by atoms with Crippen LogP contribution in [0.5, 0.6) is 5.75 Å². The standard InChI is InChI=1S/C38H39N7O3/c46-35-4-2-1-3-32(35)33-23-34-37(42-41-33)39-24-45(34)30-11-5-25(6-12-30)26-15-19-43(20-16-26)29-17-21-44(22-18-29)28-9-7-27(8-10-28)31-13-14-36(47)40-38(31)48/h1-12,23-24,26,29,31,46H,13-22H2,(H,40,47,48). The molecule has 3 fully saturated rings. The van der Waals surface area contributed by atoms with Gasteiger partial charge in [-0.3, -0.25) is 19.5 Å². The Morgan fingerprint density at radius 2 is 1.46 bits per heavy atom. The van der Waals surface area contributed by atoms with Crippen molar-refractivity contribution in [2.45, 2.75) is 56.4 Å². The summed E-state index contributed by atoms with van der Waals surface area (Å²) >= 11 is 0. The van der Waals surface area contributed by atoms with Gasteiger partial charge in [0.15, 0.2) is 5.65 Å². The predicted octanol–water partition coefficient (Wildman–Crippen LogP) is 5.56. The molecule has 2 aromatic heterocycles. The minimum Gasteiger partial charge on any atom is -0.507 e. The molecule has 8 rings (SSSR count). The number of aromatic nitrogens is 4. The van der Waals surface area contributed by atoms with Crippen molar-refractivity contribution in [1.29, 1.82) is 0 Å². The first-order chi connectivity index (χ1) is 23.5. The highest BCUT2D eigenvalue weighted by molar-refractivity contribution is 6.01. The molecule has 3 saturated heterocycles. The van der Waals surface area contributed by atoms with E-state index < -0.39 is 0 Å². The molecular formula is C38H39N7O3. The van der Waals surface area contributed by atoms with E-state index in [1.165, 1.54) is 11.3 Å². The topological polar surface area (TPSA) is 116 Å². The van der Waals surface area contributed by atoms with E-state index in [4.69, 9.17) is 0 Å². The Morgan fingerprint density at radius 3 is 2.19 bits per heavy atom. The van der Waals surface area contributed by atoms with E-state index in [-0.39, 0.29) is 23.5 Å². The third-order valence-corrected chi connectivity index (χ3v) is 10.5. The van der Waals surface area contributed by atoms with Crippen molar-refractivity contribution >= 4 is 28.7 Å². The first kappa shape index (κ1) is 30.3. The normalized spacial score (nSPS) is 19.9. The van der Waals surface area contributed by atoms with Crippen molar-refractivity contribution in [3.05, 3.63) is 96.3 Å². The number of hydrogen-bond donors (Lipinski definition) is 2. The first-order valence-electron chi connectivity index (χ1n) is 17.0. The van der Waals surface area contributed by atoms with Crippen LogP contribution in [-0.2, 0) is 9.59 Å². The van der Waals surface area contributed by atoms with Gasteiger partial charge in [-0.1, -0.05) is 36.4 Å². The summed E-state index contributed by atoms with van der Waals surface area (Å²) in [6.07, 6.45) is 7.40. The number of nitrogens with one attached hydrogen (secondary N) is 1. The monoisotopic (exact) mass is 641 g/mol. The van der Waals surface area contributed by atoms with Gasteiger partial charge in [0.05, 0.1) is 17.1 Å². The number of piperidine rings is 3. The van der Waals surface area contributed by atoms with Crippen LogP contribution in [0.25, 0.3) is 28.1 Å². The lowest BCUT2D eigenvalue weighted by Gasteiger charge is -2.42. The fourth-order valence-corrected chi connectivity index (χ4v) is 7.77. The fourth-order valence-electron chi connectivity index (χ4n) is 7.77. The van der Waals surface area contributed by atoms with Crippen LogP contribution in [0.15, 0.2) is 85.2 Å². The summed E-state index contributed by atoms with van der Waals surface area (Å²) < 4.78 is 2.03. The number of hydrogen-bond acceptors (Lipinski definition) is 8. The Morgan fingerprint density at radius 1 is 0.750 bits per heavy atom. The number of likely N-dealkylation sites (tertiary alicyclic amines) is 1. The summed E-state index contributed by atoms with van der Waals surface area (Å²) in [4.78, 5) is 33.4. The maximum absolute atomic E-state index is 12.3. The number of amides is 2. The van der Waals surface area contributed by atoms with Crippen molar-refractivity contribution in [3.8, 4) is 22.7 Å². The zero-order valence-corrected chi connectivity index (χ0v) is 26.8. The number of phenols is 1. The molecule has 3 aromatic carbocycles. The second-order valence-electron chi connectivity index (χ2n) is 13.3. The molecular weight excluding hydrogens is 602 g/mol. The summed E-state index contributed by atoms with van der Waals surface area (Å²) in [6, 6.07) is 26.9. The number of phenolic OH excluding ortho intramolecular Hbond substituents is 1. The number of benzene rings is 3. The molecule has 2 amide bonds. The van der Waals surface area contributed by atoms with E-state index in [1.54, 1.807) is 18.5 Å². The predicted molar refractivity (Wildman–Crippen MR) is 184 cm³/mol. The molecule has 0 bridgehead atoms. The maximum atomic E-state index is 12.3. The average Bonchev–Trinajstić information content (AvgIpc) is 3.56. The number of rotatable bonds is 6. The second-order valence-corrected chi connectivity index (χ2v) is 13.3. The lowest BCUT2D eigenvalue weighted by molar-refractivity contribution is -0.134. The van der Waals surface area contributed by atoms with Gasteiger partial charge in [0, 0.05) is 42.5 Å². The number of fused-ring (bicyclic) bond motifs is 1. The van der Waals surface area contributed by atoms with E-state index in [9.17, 15) is 14.7 Å². The van der Waals surface area contributed by atoms with Crippen molar-refractivity contribution in [3.63, 3.8) is 0 Å². The van der Waals surface area contributed by atoms with Crippen molar-refractivity contribution < 1.29 is 14.7 Å². The summed E-state index contributed by atoms with van der Waals surface area (Å²) in [7, 11) is 0.